The van der Waals surface area contributed by atoms with Gasteiger partial charge in [0.2, 0.25) is 0 Å². The molecule has 0 radical (unpaired) electrons. The highest BCUT2D eigenvalue weighted by Crippen LogP contribution is 2.18. The molecule has 0 aromatic heterocycles. The quantitative estimate of drug-likeness (QED) is 0.384. The third-order valence-corrected chi connectivity index (χ3v) is 8.23. The van der Waals surface area contributed by atoms with Gasteiger partial charge in [-0.2, -0.15) is 0 Å². The van der Waals surface area contributed by atoms with E-state index in [1.165, 1.54) is 18.1 Å². The van der Waals surface area contributed by atoms with Gasteiger partial charge < -0.3 is 0 Å². The summed E-state index contributed by atoms with van der Waals surface area (Å²) in [5.41, 5.74) is 3.61. The molecule has 0 fully saturated rings. The van der Waals surface area contributed by atoms with E-state index < -0.39 is 8.07 Å². The summed E-state index contributed by atoms with van der Waals surface area (Å²) in [5, 5.41) is 0. The molecule has 0 unspecified atom stereocenters. The molecular formula is C11H23SSi+. The van der Waals surface area contributed by atoms with E-state index in [2.05, 4.69) is 44.7 Å². The summed E-state index contributed by atoms with van der Waals surface area (Å²) in [4.78, 5) is 0. The van der Waals surface area contributed by atoms with Crippen LogP contribution in [0.4, 0.5) is 0 Å². The fourth-order valence-corrected chi connectivity index (χ4v) is 4.37. The van der Waals surface area contributed by atoms with Crippen molar-refractivity contribution in [3.8, 4) is 11.5 Å². The van der Waals surface area contributed by atoms with Crippen molar-refractivity contribution < 1.29 is 0 Å². The Bertz CT molecular complexity index is 176. The molecule has 0 aromatic carbocycles. The molecule has 0 saturated heterocycles. The first-order valence-electron chi connectivity index (χ1n) is 5.14. The van der Waals surface area contributed by atoms with Crippen molar-refractivity contribution in [1.29, 1.82) is 0 Å². The summed E-state index contributed by atoms with van der Waals surface area (Å²) in [6.07, 6.45) is 4.53. The second kappa shape index (κ2) is 6.56. The molecule has 13 heavy (non-hydrogen) atoms. The van der Waals surface area contributed by atoms with Crippen LogP contribution in [0.15, 0.2) is 0 Å². The van der Waals surface area contributed by atoms with Gasteiger partial charge in [0.1, 0.15) is 8.07 Å². The topological polar surface area (TPSA) is 0 Å². The summed E-state index contributed by atoms with van der Waals surface area (Å²) >= 11 is 0. The van der Waals surface area contributed by atoms with Crippen LogP contribution in [0.2, 0.25) is 18.1 Å². The number of hydrogen-bond donors (Lipinski definition) is 0. The van der Waals surface area contributed by atoms with E-state index >= 15 is 0 Å². The van der Waals surface area contributed by atoms with Gasteiger partial charge in [0, 0.05) is 0 Å². The first kappa shape index (κ1) is 13.1. The molecule has 0 aliphatic heterocycles. The van der Waals surface area contributed by atoms with Crippen molar-refractivity contribution in [1.82, 2.24) is 0 Å². The third kappa shape index (κ3) is 4.78. The molecule has 0 spiro atoms. The average molecular weight is 215 g/mol. The van der Waals surface area contributed by atoms with Gasteiger partial charge in [-0.3, -0.25) is 0 Å². The maximum atomic E-state index is 3.61. The van der Waals surface area contributed by atoms with Crippen molar-refractivity contribution in [2.45, 2.75) is 38.9 Å². The fourth-order valence-electron chi connectivity index (χ4n) is 1.38. The molecular weight excluding hydrogens is 192 g/mol. The molecule has 0 aliphatic carbocycles. The minimum Gasteiger partial charge on any atom is -0.126 e. The van der Waals surface area contributed by atoms with Crippen LogP contribution in [0, 0.1) is 11.5 Å². The smallest absolute Gasteiger partial charge is 0.126 e. The molecule has 0 rings (SSSR count). The van der Waals surface area contributed by atoms with Crippen LogP contribution < -0.4 is 0 Å². The van der Waals surface area contributed by atoms with E-state index in [0.717, 1.165) is 5.75 Å². The summed E-state index contributed by atoms with van der Waals surface area (Å²) in [7, 11) is -0.649. The lowest BCUT2D eigenvalue weighted by Crippen LogP contribution is -2.29. The average Bonchev–Trinajstić information content (AvgIpc) is 2.13. The van der Waals surface area contributed by atoms with Gasteiger partial charge in [-0.25, -0.2) is 0 Å². The second-order valence-corrected chi connectivity index (χ2v) is 11.0. The van der Waals surface area contributed by atoms with Crippen LogP contribution in [0.3, 0.4) is 0 Å². The molecule has 0 aliphatic rings. The predicted molar refractivity (Wildman–Crippen MR) is 69.1 cm³/mol. The molecule has 0 N–H and O–H groups in total. The van der Waals surface area contributed by atoms with Crippen molar-refractivity contribution in [3.05, 3.63) is 0 Å². The third-order valence-electron chi connectivity index (χ3n) is 2.74. The Kier molecular flexibility index (Phi) is 6.63. The van der Waals surface area contributed by atoms with E-state index in [-0.39, 0.29) is 0 Å². The Labute approximate surface area is 87.9 Å². The van der Waals surface area contributed by atoms with Crippen molar-refractivity contribution >= 4 is 19.0 Å². The zero-order chi connectivity index (χ0) is 10.3. The SMILES string of the molecule is CC[Si](C#CC[S+](C)C)(CC)CC. The molecule has 0 amide bonds. The minimum absolute atomic E-state index is 0.492. The normalized spacial score (nSPS) is 11.2. The van der Waals surface area contributed by atoms with E-state index in [9.17, 15) is 0 Å². The molecule has 2 heteroatoms. The summed E-state index contributed by atoms with van der Waals surface area (Å²) in [6.45, 7) is 6.93. The zero-order valence-electron chi connectivity index (χ0n) is 9.74. The summed E-state index contributed by atoms with van der Waals surface area (Å²) in [6, 6.07) is 3.98. The Morgan fingerprint density at radius 2 is 1.46 bits per heavy atom. The van der Waals surface area contributed by atoms with Gasteiger partial charge >= 0.3 is 0 Å². The van der Waals surface area contributed by atoms with E-state index in [1.807, 2.05) is 0 Å². The molecule has 0 heterocycles. The maximum Gasteiger partial charge on any atom is 0.167 e. The van der Waals surface area contributed by atoms with Gasteiger partial charge in [-0.05, 0) is 29.0 Å². The van der Waals surface area contributed by atoms with Crippen LogP contribution in [-0.2, 0) is 10.9 Å². The molecule has 0 nitrogen and oxygen atoms in total. The highest BCUT2D eigenvalue weighted by Gasteiger charge is 2.24. The lowest BCUT2D eigenvalue weighted by Gasteiger charge is -2.19. The van der Waals surface area contributed by atoms with Crippen molar-refractivity contribution in [3.63, 3.8) is 0 Å². The second-order valence-electron chi connectivity index (χ2n) is 3.77. The van der Waals surface area contributed by atoms with Gasteiger partial charge in [0.05, 0.1) is 12.5 Å². The Morgan fingerprint density at radius 1 is 1.00 bits per heavy atom. The van der Waals surface area contributed by atoms with Crippen LogP contribution >= 0.6 is 0 Å². The molecule has 0 atom stereocenters. The van der Waals surface area contributed by atoms with Crippen LogP contribution in [0.5, 0.6) is 0 Å². The molecule has 0 saturated carbocycles. The monoisotopic (exact) mass is 215 g/mol. The highest BCUT2D eigenvalue weighted by molar-refractivity contribution is 7.95. The lowest BCUT2D eigenvalue weighted by molar-refractivity contribution is 1.20. The van der Waals surface area contributed by atoms with E-state index in [0.29, 0.717) is 10.9 Å². The van der Waals surface area contributed by atoms with Crippen LogP contribution in [-0.4, -0.2) is 26.3 Å². The van der Waals surface area contributed by atoms with Gasteiger partial charge in [0.15, 0.2) is 5.75 Å². The Balaban J connectivity index is 4.28. The Morgan fingerprint density at radius 3 is 1.77 bits per heavy atom. The number of rotatable bonds is 4. The minimum atomic E-state index is -1.14. The fraction of sp³-hybridized carbons (Fsp3) is 0.818. The zero-order valence-corrected chi connectivity index (χ0v) is 11.6. The lowest BCUT2D eigenvalue weighted by atomic mass is 10.8. The van der Waals surface area contributed by atoms with E-state index in [1.54, 1.807) is 0 Å². The predicted octanol–water partition coefficient (Wildman–Crippen LogP) is 2.92. The van der Waals surface area contributed by atoms with Crippen molar-refractivity contribution in [2.75, 3.05) is 18.3 Å². The largest absolute Gasteiger partial charge is 0.167 e. The van der Waals surface area contributed by atoms with Gasteiger partial charge in [-0.1, -0.05) is 26.7 Å². The first-order valence-corrected chi connectivity index (χ1v) is 9.97. The molecule has 0 bridgehead atoms. The highest BCUT2D eigenvalue weighted by atomic mass is 32.2. The molecule has 0 aromatic rings. The number of hydrogen-bond acceptors (Lipinski definition) is 0. The Hall–Kier alpha value is 0.127. The standard InChI is InChI=1S/C11H23SSi/c1-6-13(7-2,8-3)11-9-10-12(4)5/h6-8,10H2,1-5H3/q+1. The summed E-state index contributed by atoms with van der Waals surface area (Å²) < 4.78 is 0. The first-order chi connectivity index (χ1) is 6.10. The van der Waals surface area contributed by atoms with Crippen molar-refractivity contribution in [2.24, 2.45) is 0 Å². The van der Waals surface area contributed by atoms with Crippen LogP contribution in [0.1, 0.15) is 20.8 Å². The maximum absolute atomic E-state index is 3.61. The summed E-state index contributed by atoms with van der Waals surface area (Å²) in [5.74, 6) is 4.51. The van der Waals surface area contributed by atoms with Gasteiger partial charge in [-0.15, -0.1) is 5.54 Å². The molecule has 76 valence electrons. The van der Waals surface area contributed by atoms with E-state index in [4.69, 9.17) is 0 Å². The van der Waals surface area contributed by atoms with Crippen LogP contribution in [0.25, 0.3) is 0 Å². The van der Waals surface area contributed by atoms with Gasteiger partial charge in [0.25, 0.3) is 0 Å².